The molecule has 0 radical (unpaired) electrons. The minimum atomic E-state index is -1.83. The van der Waals surface area contributed by atoms with Crippen LogP contribution in [0.3, 0.4) is 0 Å². The SMILES string of the molecule is CCCC[C@H](NC(=O)[C@H](CCC(N)=O)NC(=O)[C@H](CCCCN)NC(=O)C(C)(C)NC(=O)[C@H](CC(C)C)NC(=O)[C@H](CC(=O)O)NCc1ccccc1)C(=O)N[C@@H](CCC(=O)O)C(=O)N[C@@H](CCC(=O)O)C(=O)N[C@@H](CCC(=O)O)C(=O)N[C@@H](C)C(=O)N[C@H](C)C(C)C. The van der Waals surface area contributed by atoms with Gasteiger partial charge in [-0.2, -0.15) is 0 Å². The fraction of sp³-hybridized carbons (Fsp3) is 0.656. The maximum atomic E-state index is 14.3. The molecule has 19 N–H and O–H groups in total. The van der Waals surface area contributed by atoms with E-state index in [2.05, 4.69) is 58.5 Å². The standard InChI is InChI=1S/C61H99N13O19/c1-10-11-19-38(53(86)70-42(23-27-48(78)79)57(90)71-43(24-28-49(80)81)56(89)69-41(22-26-47(76)77)52(85)66-36(7)51(84)65-35(6)34(4)5)67-55(88)40(21-25-46(63)75)68-54(87)39(20-15-16-29-62)73-60(93)61(8,9)74-59(92)45(30-33(2)3)72-58(91)44(31-50(82)83)64-32-37-17-13-12-14-18-37/h12-14,17-18,33-36,38-45,64H,10-11,15-16,19-32,62H2,1-9H3,(H2,63,75)(H,65,84)(H,66,85)(H,67,88)(H,68,87)(H,69,89)(H,70,86)(H,71,90)(H,72,91)(H,73,93)(H,74,92)(H,76,77)(H,78,79)(H,80,81)(H,82,83)/t35-,36+,38+,39+,40+,41+,42+,43+,44+,45+/m1/s1. The van der Waals surface area contributed by atoms with Crippen LogP contribution in [0.2, 0.25) is 0 Å². The number of carbonyl (C=O) groups excluding carboxylic acids is 11. The van der Waals surface area contributed by atoms with Gasteiger partial charge >= 0.3 is 23.9 Å². The van der Waals surface area contributed by atoms with Gasteiger partial charge in [0, 0.05) is 38.3 Å². The predicted molar refractivity (Wildman–Crippen MR) is 336 cm³/mol. The summed E-state index contributed by atoms with van der Waals surface area (Å²) in [6.45, 7) is 15.0. The van der Waals surface area contributed by atoms with Gasteiger partial charge in [-0.3, -0.25) is 71.9 Å². The van der Waals surface area contributed by atoms with E-state index in [1.54, 1.807) is 58.0 Å². The lowest BCUT2D eigenvalue weighted by Gasteiger charge is -2.31. The van der Waals surface area contributed by atoms with Crippen molar-refractivity contribution in [2.75, 3.05) is 6.54 Å². The zero-order chi connectivity index (χ0) is 70.7. The molecule has 93 heavy (non-hydrogen) atoms. The number of unbranched alkanes of at least 4 members (excludes halogenated alkanes) is 2. The summed E-state index contributed by atoms with van der Waals surface area (Å²) in [5, 5.41) is 66.1. The highest BCUT2D eigenvalue weighted by atomic mass is 16.4. The van der Waals surface area contributed by atoms with Crippen LogP contribution in [-0.4, -0.2) is 182 Å². The normalized spacial score (nSPS) is 14.5. The highest BCUT2D eigenvalue weighted by Gasteiger charge is 2.39. The highest BCUT2D eigenvalue weighted by molar-refractivity contribution is 6.00. The molecule has 0 fully saturated rings. The molecule has 32 heteroatoms. The summed E-state index contributed by atoms with van der Waals surface area (Å²) < 4.78 is 0. The van der Waals surface area contributed by atoms with Gasteiger partial charge in [0.25, 0.3) is 0 Å². The molecule has 0 saturated carbocycles. The predicted octanol–water partition coefficient (Wildman–Crippen LogP) is -1.20. The Morgan fingerprint density at radius 1 is 0.452 bits per heavy atom. The van der Waals surface area contributed by atoms with Crippen LogP contribution < -0.4 is 70.0 Å². The molecule has 10 atom stereocenters. The largest absolute Gasteiger partial charge is 0.481 e. The van der Waals surface area contributed by atoms with Gasteiger partial charge in [0.15, 0.2) is 0 Å². The van der Waals surface area contributed by atoms with Crippen LogP contribution in [0.1, 0.15) is 171 Å². The second-order valence-electron chi connectivity index (χ2n) is 24.2. The Morgan fingerprint density at radius 2 is 0.849 bits per heavy atom. The van der Waals surface area contributed by atoms with E-state index in [4.69, 9.17) is 11.5 Å². The third-order valence-corrected chi connectivity index (χ3v) is 14.8. The van der Waals surface area contributed by atoms with Gasteiger partial charge in [0.1, 0.15) is 53.9 Å². The van der Waals surface area contributed by atoms with Gasteiger partial charge in [0.2, 0.25) is 65.0 Å². The second kappa shape index (κ2) is 42.4. The molecule has 0 heterocycles. The molecule has 32 nitrogen and oxygen atoms in total. The number of nitrogens with two attached hydrogens (primary N) is 2. The Labute approximate surface area is 541 Å². The van der Waals surface area contributed by atoms with Crippen molar-refractivity contribution >= 4 is 88.9 Å². The molecule has 0 aliphatic heterocycles. The van der Waals surface area contributed by atoms with Crippen LogP contribution in [0.15, 0.2) is 30.3 Å². The lowest BCUT2D eigenvalue weighted by Crippen LogP contribution is -2.63. The molecule has 0 unspecified atom stereocenters. The van der Waals surface area contributed by atoms with Crippen molar-refractivity contribution in [3.05, 3.63) is 35.9 Å². The van der Waals surface area contributed by atoms with E-state index in [-0.39, 0.29) is 63.1 Å². The van der Waals surface area contributed by atoms with Crippen LogP contribution in [-0.2, 0) is 78.5 Å². The zero-order valence-corrected chi connectivity index (χ0v) is 54.6. The summed E-state index contributed by atoms with van der Waals surface area (Å²) >= 11 is 0. The Bertz CT molecular complexity index is 2710. The highest BCUT2D eigenvalue weighted by Crippen LogP contribution is 2.15. The lowest BCUT2D eigenvalue weighted by molar-refractivity contribution is -0.141. The number of amides is 11. The van der Waals surface area contributed by atoms with Crippen molar-refractivity contribution < 1.29 is 92.3 Å². The van der Waals surface area contributed by atoms with Crippen molar-refractivity contribution in [3.63, 3.8) is 0 Å². The third-order valence-electron chi connectivity index (χ3n) is 14.8. The van der Waals surface area contributed by atoms with Gasteiger partial charge in [-0.1, -0.05) is 77.8 Å². The molecule has 522 valence electrons. The molecule has 0 aromatic heterocycles. The van der Waals surface area contributed by atoms with E-state index >= 15 is 0 Å². The van der Waals surface area contributed by atoms with E-state index in [1.165, 1.54) is 20.8 Å². The Kier molecular flexibility index (Phi) is 37.4. The number of carbonyl (C=O) groups is 15. The van der Waals surface area contributed by atoms with Gasteiger partial charge in [0.05, 0.1) is 12.5 Å². The Morgan fingerprint density at radius 3 is 1.25 bits per heavy atom. The fourth-order valence-electron chi connectivity index (χ4n) is 8.90. The van der Waals surface area contributed by atoms with E-state index < -0.39 is 207 Å². The van der Waals surface area contributed by atoms with Crippen LogP contribution in [0, 0.1) is 11.8 Å². The summed E-state index contributed by atoms with van der Waals surface area (Å²) in [7, 11) is 0. The van der Waals surface area contributed by atoms with Crippen LogP contribution in [0.4, 0.5) is 0 Å². The van der Waals surface area contributed by atoms with E-state index in [9.17, 15) is 92.3 Å². The van der Waals surface area contributed by atoms with Gasteiger partial charge in [-0.05, 0) is 109 Å². The van der Waals surface area contributed by atoms with Crippen molar-refractivity contribution in [2.24, 2.45) is 23.3 Å². The first kappa shape index (κ1) is 82.2. The summed E-state index contributed by atoms with van der Waals surface area (Å²) in [6.07, 6.45) is -4.59. The van der Waals surface area contributed by atoms with Gasteiger partial charge in [-0.25, -0.2) is 0 Å². The average molecular weight is 1320 g/mol. The molecular formula is C61H99N13O19. The molecule has 0 saturated heterocycles. The summed E-state index contributed by atoms with van der Waals surface area (Å²) in [6, 6.07) is -5.19. The van der Waals surface area contributed by atoms with E-state index in [1.807, 2.05) is 13.8 Å². The molecule has 0 aliphatic rings. The summed E-state index contributed by atoms with van der Waals surface area (Å²) in [4.78, 5) is 198. The molecule has 0 bridgehead atoms. The first-order valence-corrected chi connectivity index (χ1v) is 31.2. The van der Waals surface area contributed by atoms with Crippen LogP contribution in [0.5, 0.6) is 0 Å². The second-order valence-corrected chi connectivity index (χ2v) is 24.2. The number of benzene rings is 1. The molecule has 0 spiro atoms. The summed E-state index contributed by atoms with van der Waals surface area (Å²) in [5.41, 5.74) is 10.2. The smallest absolute Gasteiger partial charge is 0.305 e. The van der Waals surface area contributed by atoms with Crippen molar-refractivity contribution in [1.82, 2.24) is 58.5 Å². The maximum Gasteiger partial charge on any atom is 0.305 e. The average Bonchev–Trinajstić information content (AvgIpc) is 0.922. The third kappa shape index (κ3) is 33.4. The van der Waals surface area contributed by atoms with E-state index in [0.717, 1.165) is 5.56 Å². The molecular weight excluding hydrogens is 1220 g/mol. The topological polar surface area (TPSA) is 521 Å². The maximum absolute atomic E-state index is 14.3. The minimum Gasteiger partial charge on any atom is -0.481 e. The fourth-order valence-corrected chi connectivity index (χ4v) is 8.90. The number of primary amides is 1. The molecule has 1 aromatic rings. The molecule has 1 aromatic carbocycles. The molecule has 0 aliphatic carbocycles. The number of hydrogen-bond donors (Lipinski definition) is 17. The number of carboxylic acids is 4. The zero-order valence-electron chi connectivity index (χ0n) is 54.6. The summed E-state index contributed by atoms with van der Waals surface area (Å²) in [5.74, 6) is -16.4. The van der Waals surface area contributed by atoms with Crippen molar-refractivity contribution in [1.29, 1.82) is 0 Å². The van der Waals surface area contributed by atoms with Crippen molar-refractivity contribution in [2.45, 2.75) is 238 Å². The van der Waals surface area contributed by atoms with Gasteiger partial charge in [-0.15, -0.1) is 0 Å². The number of carboxylic acid groups (broad SMARTS) is 4. The van der Waals surface area contributed by atoms with Crippen LogP contribution >= 0.6 is 0 Å². The number of hydrogen-bond acceptors (Lipinski definition) is 17. The first-order valence-electron chi connectivity index (χ1n) is 31.2. The Hall–Kier alpha value is -8.81. The first-order chi connectivity index (χ1) is 43.5. The van der Waals surface area contributed by atoms with Crippen molar-refractivity contribution in [3.8, 4) is 0 Å². The number of nitrogens with one attached hydrogen (secondary N) is 11. The van der Waals surface area contributed by atoms with Gasteiger partial charge < -0.3 is 90.4 Å². The number of rotatable bonds is 47. The van der Waals surface area contributed by atoms with E-state index in [0.29, 0.717) is 12.8 Å². The quantitative estimate of drug-likeness (QED) is 0.0341. The Balaban J connectivity index is 3.58. The molecule has 11 amide bonds. The van der Waals surface area contributed by atoms with Crippen LogP contribution in [0.25, 0.3) is 0 Å². The lowest BCUT2D eigenvalue weighted by atomic mass is 9.98. The number of aliphatic carboxylic acids is 4. The molecule has 1 rings (SSSR count). The monoisotopic (exact) mass is 1320 g/mol. The minimum absolute atomic E-state index is 0.0116.